The first kappa shape index (κ1) is 16.5. The van der Waals surface area contributed by atoms with Crippen molar-refractivity contribution in [3.8, 4) is 33.9 Å². The third-order valence-electron chi connectivity index (χ3n) is 5.13. The number of rotatable bonds is 3. The van der Waals surface area contributed by atoms with E-state index in [-0.39, 0.29) is 11.4 Å². The molecule has 4 rings (SSSR count). The van der Waals surface area contributed by atoms with Gasteiger partial charge in [0.25, 0.3) is 5.56 Å². The molecular formula is C21H22N2O3. The molecule has 134 valence electrons. The monoisotopic (exact) mass is 350 g/mol. The number of nitrogens with zero attached hydrogens (tertiary/aromatic N) is 2. The Morgan fingerprint density at radius 3 is 2.27 bits per heavy atom. The van der Waals surface area contributed by atoms with Gasteiger partial charge in [-0.05, 0) is 60.2 Å². The Labute approximate surface area is 152 Å². The van der Waals surface area contributed by atoms with Gasteiger partial charge in [-0.15, -0.1) is 0 Å². The van der Waals surface area contributed by atoms with Gasteiger partial charge in [-0.1, -0.05) is 24.3 Å². The zero-order chi connectivity index (χ0) is 18.3. The predicted molar refractivity (Wildman–Crippen MR) is 102 cm³/mol. The number of aromatic hydroxyl groups is 1. The lowest BCUT2D eigenvalue weighted by Crippen LogP contribution is -2.27. The van der Waals surface area contributed by atoms with Crippen LogP contribution in [0.5, 0.6) is 11.6 Å². The van der Waals surface area contributed by atoms with Gasteiger partial charge in [-0.25, -0.2) is 4.68 Å². The molecule has 0 radical (unpaired) electrons. The van der Waals surface area contributed by atoms with Crippen LogP contribution in [0.15, 0.2) is 47.3 Å². The minimum Gasteiger partial charge on any atom is -0.497 e. The van der Waals surface area contributed by atoms with Gasteiger partial charge in [-0.2, -0.15) is 0 Å². The van der Waals surface area contributed by atoms with E-state index in [9.17, 15) is 9.90 Å². The summed E-state index contributed by atoms with van der Waals surface area (Å²) in [6.45, 7) is 3.30. The number of aromatic nitrogens is 2. The maximum Gasteiger partial charge on any atom is 0.278 e. The molecule has 1 N–H and O–H groups in total. The van der Waals surface area contributed by atoms with Gasteiger partial charge < -0.3 is 9.84 Å². The minimum atomic E-state index is -0.114. The summed E-state index contributed by atoms with van der Waals surface area (Å²) >= 11 is 0. The second kappa shape index (κ2) is 6.41. The summed E-state index contributed by atoms with van der Waals surface area (Å²) in [5.74, 6) is 0.877. The standard InChI is InChI=1S/C21H22N2O3/c1-14-5-6-16(15-7-9-17(26-2)10-8-15)13-18(14)19-20(24)22-11-3-4-12-23(22)21(19)25/h5-10,13,24H,3-4,11-12H2,1-2H3. The van der Waals surface area contributed by atoms with Gasteiger partial charge >= 0.3 is 0 Å². The highest BCUT2D eigenvalue weighted by molar-refractivity contribution is 5.77. The molecule has 2 aromatic carbocycles. The summed E-state index contributed by atoms with van der Waals surface area (Å²) < 4.78 is 8.58. The molecule has 1 aliphatic heterocycles. The average Bonchev–Trinajstić information content (AvgIpc) is 2.93. The fraction of sp³-hybridized carbons (Fsp3) is 0.286. The van der Waals surface area contributed by atoms with E-state index in [2.05, 4.69) is 0 Å². The molecule has 0 bridgehead atoms. The predicted octanol–water partition coefficient (Wildman–Crippen LogP) is 3.80. The van der Waals surface area contributed by atoms with E-state index in [0.29, 0.717) is 18.7 Å². The van der Waals surface area contributed by atoms with Gasteiger partial charge in [0.1, 0.15) is 11.3 Å². The van der Waals surface area contributed by atoms with Crippen LogP contribution in [-0.2, 0) is 13.1 Å². The summed E-state index contributed by atoms with van der Waals surface area (Å²) in [6, 6.07) is 13.8. The van der Waals surface area contributed by atoms with Gasteiger partial charge in [0.2, 0.25) is 5.88 Å². The first-order valence-corrected chi connectivity index (χ1v) is 8.88. The van der Waals surface area contributed by atoms with Crippen LogP contribution in [0.25, 0.3) is 22.3 Å². The topological polar surface area (TPSA) is 56.4 Å². The summed E-state index contributed by atoms with van der Waals surface area (Å²) in [5.41, 5.74) is 4.09. The molecule has 0 atom stereocenters. The highest BCUT2D eigenvalue weighted by Crippen LogP contribution is 2.34. The summed E-state index contributed by atoms with van der Waals surface area (Å²) in [7, 11) is 1.64. The molecule has 0 unspecified atom stereocenters. The number of methoxy groups -OCH3 is 1. The van der Waals surface area contributed by atoms with Crippen molar-refractivity contribution >= 4 is 0 Å². The average molecular weight is 350 g/mol. The van der Waals surface area contributed by atoms with E-state index in [0.717, 1.165) is 40.8 Å². The second-order valence-corrected chi connectivity index (χ2v) is 6.72. The summed E-state index contributed by atoms with van der Waals surface area (Å²) in [5, 5.41) is 10.7. The zero-order valence-corrected chi connectivity index (χ0v) is 15.0. The Kier molecular flexibility index (Phi) is 4.07. The van der Waals surface area contributed by atoms with Crippen LogP contribution in [-0.4, -0.2) is 21.6 Å². The number of fused-ring (bicyclic) bond motifs is 1. The fourth-order valence-electron chi connectivity index (χ4n) is 3.64. The number of aryl methyl sites for hydroxylation is 1. The Morgan fingerprint density at radius 2 is 1.62 bits per heavy atom. The van der Waals surface area contributed by atoms with Gasteiger partial charge in [0.15, 0.2) is 0 Å². The molecule has 0 amide bonds. The van der Waals surface area contributed by atoms with Crippen molar-refractivity contribution in [2.45, 2.75) is 32.9 Å². The molecule has 3 aromatic rings. The smallest absolute Gasteiger partial charge is 0.278 e. The van der Waals surface area contributed by atoms with E-state index in [1.807, 2.05) is 49.4 Å². The molecule has 0 spiro atoms. The SMILES string of the molecule is COc1ccc(-c2ccc(C)c(-c3c(O)n4n(c3=O)CCCC4)c2)cc1. The lowest BCUT2D eigenvalue weighted by molar-refractivity contribution is 0.305. The first-order valence-electron chi connectivity index (χ1n) is 8.88. The van der Waals surface area contributed by atoms with Crippen LogP contribution < -0.4 is 10.3 Å². The summed E-state index contributed by atoms with van der Waals surface area (Å²) in [4.78, 5) is 12.9. The Bertz CT molecular complexity index is 1010. The molecule has 2 heterocycles. The Hall–Kier alpha value is -2.95. The molecule has 26 heavy (non-hydrogen) atoms. The van der Waals surface area contributed by atoms with Crippen LogP contribution in [0.4, 0.5) is 0 Å². The van der Waals surface area contributed by atoms with Crippen LogP contribution in [0.1, 0.15) is 18.4 Å². The largest absolute Gasteiger partial charge is 0.497 e. The zero-order valence-electron chi connectivity index (χ0n) is 15.0. The molecule has 1 aliphatic rings. The molecule has 5 heteroatoms. The lowest BCUT2D eigenvalue weighted by Gasteiger charge is -2.16. The molecule has 1 aromatic heterocycles. The maximum atomic E-state index is 12.9. The lowest BCUT2D eigenvalue weighted by atomic mass is 9.96. The van der Waals surface area contributed by atoms with Gasteiger partial charge in [0, 0.05) is 13.1 Å². The van der Waals surface area contributed by atoms with E-state index in [4.69, 9.17) is 4.74 Å². The van der Waals surface area contributed by atoms with Crippen molar-refractivity contribution in [2.75, 3.05) is 7.11 Å². The van der Waals surface area contributed by atoms with Crippen molar-refractivity contribution in [3.05, 3.63) is 58.4 Å². The van der Waals surface area contributed by atoms with Crippen molar-refractivity contribution in [3.63, 3.8) is 0 Å². The highest BCUT2D eigenvalue weighted by atomic mass is 16.5. The van der Waals surface area contributed by atoms with E-state index in [1.54, 1.807) is 16.5 Å². The molecule has 5 nitrogen and oxygen atoms in total. The molecule has 0 aliphatic carbocycles. The van der Waals surface area contributed by atoms with Crippen molar-refractivity contribution in [2.24, 2.45) is 0 Å². The third kappa shape index (κ3) is 2.60. The number of hydrogen-bond donors (Lipinski definition) is 1. The number of ether oxygens (including phenoxy) is 1. The second-order valence-electron chi connectivity index (χ2n) is 6.72. The highest BCUT2D eigenvalue weighted by Gasteiger charge is 2.24. The first-order chi connectivity index (χ1) is 12.6. The third-order valence-corrected chi connectivity index (χ3v) is 5.13. The summed E-state index contributed by atoms with van der Waals surface area (Å²) in [6.07, 6.45) is 1.94. The van der Waals surface area contributed by atoms with Gasteiger partial charge in [0.05, 0.1) is 7.11 Å². The van der Waals surface area contributed by atoms with E-state index >= 15 is 0 Å². The minimum absolute atomic E-state index is 0.0738. The van der Waals surface area contributed by atoms with Crippen LogP contribution in [0.3, 0.4) is 0 Å². The Balaban J connectivity index is 1.85. The molecule has 0 saturated carbocycles. The molecule has 0 fully saturated rings. The molecular weight excluding hydrogens is 328 g/mol. The Morgan fingerprint density at radius 1 is 0.962 bits per heavy atom. The normalized spacial score (nSPS) is 13.5. The van der Waals surface area contributed by atoms with Crippen LogP contribution >= 0.6 is 0 Å². The van der Waals surface area contributed by atoms with Crippen molar-refractivity contribution in [1.29, 1.82) is 0 Å². The fourth-order valence-corrected chi connectivity index (χ4v) is 3.64. The van der Waals surface area contributed by atoms with Gasteiger partial charge in [-0.3, -0.25) is 9.48 Å². The van der Waals surface area contributed by atoms with Crippen LogP contribution in [0.2, 0.25) is 0 Å². The van der Waals surface area contributed by atoms with Crippen LogP contribution in [0, 0.1) is 6.92 Å². The number of hydrogen-bond acceptors (Lipinski definition) is 3. The van der Waals surface area contributed by atoms with Crippen molar-refractivity contribution in [1.82, 2.24) is 9.36 Å². The molecule has 0 saturated heterocycles. The maximum absolute atomic E-state index is 12.9. The van der Waals surface area contributed by atoms with E-state index in [1.165, 1.54) is 0 Å². The van der Waals surface area contributed by atoms with E-state index < -0.39 is 0 Å². The quantitative estimate of drug-likeness (QED) is 0.782. The number of benzene rings is 2. The van der Waals surface area contributed by atoms with Crippen molar-refractivity contribution < 1.29 is 9.84 Å².